The van der Waals surface area contributed by atoms with Crippen LogP contribution in [0, 0.1) is 11.2 Å². The minimum Gasteiger partial charge on any atom is -0.497 e. The Morgan fingerprint density at radius 1 is 1.15 bits per heavy atom. The third-order valence-corrected chi connectivity index (χ3v) is 5.35. The summed E-state index contributed by atoms with van der Waals surface area (Å²) < 4.78 is 25.9. The molecule has 1 heterocycles. The summed E-state index contributed by atoms with van der Waals surface area (Å²) in [4.78, 5) is 4.74. The molecule has 4 heteroatoms. The summed E-state index contributed by atoms with van der Waals surface area (Å²) in [6.07, 6.45) is 1.63. The molecule has 2 aliphatic rings. The van der Waals surface area contributed by atoms with Gasteiger partial charge in [-0.3, -0.25) is 0 Å². The van der Waals surface area contributed by atoms with Crippen molar-refractivity contribution in [2.24, 2.45) is 10.4 Å². The summed E-state index contributed by atoms with van der Waals surface area (Å²) in [6, 6.07) is 12.6. The van der Waals surface area contributed by atoms with Gasteiger partial charge in [0.1, 0.15) is 23.1 Å². The molecule has 0 unspecified atom stereocenters. The van der Waals surface area contributed by atoms with Crippen LogP contribution in [-0.2, 0) is 0 Å². The number of para-hydroxylation sites is 1. The van der Waals surface area contributed by atoms with Crippen molar-refractivity contribution < 1.29 is 13.9 Å². The number of hydrogen-bond donors (Lipinski definition) is 0. The Kier molecular flexibility index (Phi) is 4.29. The van der Waals surface area contributed by atoms with Crippen LogP contribution in [-0.4, -0.2) is 12.8 Å². The van der Waals surface area contributed by atoms with Crippen LogP contribution in [0.25, 0.3) is 0 Å². The smallest absolute Gasteiger partial charge is 0.148 e. The highest BCUT2D eigenvalue weighted by Crippen LogP contribution is 2.49. The first-order valence-electron chi connectivity index (χ1n) is 9.29. The second kappa shape index (κ2) is 6.52. The van der Waals surface area contributed by atoms with Gasteiger partial charge in [0.25, 0.3) is 0 Å². The maximum atomic E-state index is 14.2. The molecule has 4 rings (SSSR count). The van der Waals surface area contributed by atoms with Crippen molar-refractivity contribution >= 4 is 11.4 Å². The summed E-state index contributed by atoms with van der Waals surface area (Å²) in [5.41, 5.74) is 3.45. The number of benzene rings is 2. The third-order valence-electron chi connectivity index (χ3n) is 5.35. The number of ether oxygens (including phenoxy) is 2. The second-order valence-corrected chi connectivity index (χ2v) is 8.09. The largest absolute Gasteiger partial charge is 0.497 e. The highest BCUT2D eigenvalue weighted by molar-refractivity contribution is 6.05. The number of aliphatic imine (C=N–C) groups is 1. The van der Waals surface area contributed by atoms with E-state index >= 15 is 0 Å². The van der Waals surface area contributed by atoms with Crippen molar-refractivity contribution in [1.29, 1.82) is 0 Å². The van der Waals surface area contributed by atoms with E-state index in [4.69, 9.17) is 14.5 Å². The van der Waals surface area contributed by atoms with Crippen LogP contribution in [0.2, 0.25) is 0 Å². The zero-order valence-electron chi connectivity index (χ0n) is 16.2. The van der Waals surface area contributed by atoms with Crippen LogP contribution in [0.1, 0.15) is 45.1 Å². The number of rotatable bonds is 2. The quantitative estimate of drug-likeness (QED) is 0.636. The van der Waals surface area contributed by atoms with Crippen molar-refractivity contribution in [3.05, 3.63) is 65.2 Å². The van der Waals surface area contributed by atoms with Gasteiger partial charge in [0, 0.05) is 29.2 Å². The van der Waals surface area contributed by atoms with E-state index in [1.165, 1.54) is 6.07 Å². The lowest BCUT2D eigenvalue weighted by atomic mass is 9.71. The van der Waals surface area contributed by atoms with Crippen LogP contribution >= 0.6 is 0 Å². The van der Waals surface area contributed by atoms with Crippen molar-refractivity contribution in [1.82, 2.24) is 0 Å². The monoisotopic (exact) mass is 365 g/mol. The van der Waals surface area contributed by atoms with E-state index in [1.807, 2.05) is 24.3 Å². The Labute approximate surface area is 159 Å². The van der Waals surface area contributed by atoms with Crippen molar-refractivity contribution in [2.45, 2.75) is 39.5 Å². The van der Waals surface area contributed by atoms with Crippen molar-refractivity contribution in [2.75, 3.05) is 7.11 Å². The van der Waals surface area contributed by atoms with E-state index in [-0.39, 0.29) is 17.2 Å². The number of halogens is 1. The number of nitrogens with zero attached hydrogens (tertiary/aromatic N) is 1. The molecule has 0 spiro atoms. The van der Waals surface area contributed by atoms with E-state index in [0.29, 0.717) is 5.69 Å². The predicted molar refractivity (Wildman–Crippen MR) is 106 cm³/mol. The standard InChI is InChI=1S/C23H24FNO2/c1-14-16-11-15(26-4)9-10-20(16)27-21-13-23(2,3)12-19(22(14)21)25-18-8-6-5-7-17(18)24/h5-11,14H,12-13H2,1-4H3/t14-/m0/s1. The van der Waals surface area contributed by atoms with E-state index in [1.54, 1.807) is 19.2 Å². The van der Waals surface area contributed by atoms with Crippen LogP contribution in [0.3, 0.4) is 0 Å². The zero-order valence-corrected chi connectivity index (χ0v) is 16.2. The highest BCUT2D eigenvalue weighted by atomic mass is 19.1. The molecule has 0 amide bonds. The fourth-order valence-electron chi connectivity index (χ4n) is 4.04. The van der Waals surface area contributed by atoms with E-state index in [2.05, 4.69) is 20.8 Å². The van der Waals surface area contributed by atoms with Gasteiger partial charge >= 0.3 is 0 Å². The van der Waals surface area contributed by atoms with Gasteiger partial charge in [-0.05, 0) is 42.2 Å². The Hall–Kier alpha value is -2.62. The molecule has 2 aromatic carbocycles. The Morgan fingerprint density at radius 3 is 2.67 bits per heavy atom. The van der Waals surface area contributed by atoms with Gasteiger partial charge in [0.15, 0.2) is 0 Å². The molecule has 27 heavy (non-hydrogen) atoms. The van der Waals surface area contributed by atoms with Gasteiger partial charge in [0.2, 0.25) is 0 Å². The molecule has 3 nitrogen and oxygen atoms in total. The van der Waals surface area contributed by atoms with Crippen LogP contribution in [0.15, 0.2) is 58.8 Å². The predicted octanol–water partition coefficient (Wildman–Crippen LogP) is 6.18. The Morgan fingerprint density at radius 2 is 1.93 bits per heavy atom. The van der Waals surface area contributed by atoms with Gasteiger partial charge < -0.3 is 9.47 Å². The molecular formula is C23H24FNO2. The number of methoxy groups -OCH3 is 1. The maximum absolute atomic E-state index is 14.2. The molecule has 2 aromatic rings. The van der Waals surface area contributed by atoms with Gasteiger partial charge in [-0.15, -0.1) is 0 Å². The summed E-state index contributed by atoms with van der Waals surface area (Å²) in [5, 5.41) is 0. The average molecular weight is 365 g/mol. The van der Waals surface area contributed by atoms with Crippen molar-refractivity contribution in [3.8, 4) is 11.5 Å². The average Bonchev–Trinajstić information content (AvgIpc) is 2.62. The molecule has 0 bridgehead atoms. The molecule has 0 radical (unpaired) electrons. The molecule has 140 valence electrons. The van der Waals surface area contributed by atoms with Gasteiger partial charge in [-0.1, -0.05) is 32.9 Å². The normalized spacial score (nSPS) is 22.1. The molecule has 0 saturated heterocycles. The van der Waals surface area contributed by atoms with Gasteiger partial charge in [-0.25, -0.2) is 9.38 Å². The summed E-state index contributed by atoms with van der Waals surface area (Å²) >= 11 is 0. The topological polar surface area (TPSA) is 30.8 Å². The lowest BCUT2D eigenvalue weighted by molar-refractivity contribution is 0.277. The Bertz CT molecular complexity index is 959. The number of allylic oxidation sites excluding steroid dienone is 2. The van der Waals surface area contributed by atoms with E-state index in [9.17, 15) is 4.39 Å². The number of fused-ring (bicyclic) bond motifs is 1. The van der Waals surface area contributed by atoms with Gasteiger partial charge in [-0.2, -0.15) is 0 Å². The molecule has 1 aliphatic heterocycles. The fourth-order valence-corrected chi connectivity index (χ4v) is 4.04. The fraction of sp³-hybridized carbons (Fsp3) is 0.348. The van der Waals surface area contributed by atoms with E-state index < -0.39 is 0 Å². The minimum absolute atomic E-state index is 0.00656. The molecule has 1 atom stereocenters. The summed E-state index contributed by atoms with van der Waals surface area (Å²) in [6.45, 7) is 6.56. The first kappa shape index (κ1) is 17.8. The molecule has 0 saturated carbocycles. The van der Waals surface area contributed by atoms with Crippen LogP contribution in [0.5, 0.6) is 11.5 Å². The maximum Gasteiger partial charge on any atom is 0.148 e. The minimum atomic E-state index is -0.304. The first-order valence-corrected chi connectivity index (χ1v) is 9.29. The summed E-state index contributed by atoms with van der Waals surface area (Å²) in [7, 11) is 1.66. The molecule has 0 aromatic heterocycles. The lowest BCUT2D eigenvalue weighted by Gasteiger charge is -2.39. The van der Waals surface area contributed by atoms with Crippen LogP contribution in [0.4, 0.5) is 10.1 Å². The highest BCUT2D eigenvalue weighted by Gasteiger charge is 2.39. The molecule has 1 aliphatic carbocycles. The SMILES string of the molecule is COc1ccc2c(c1)[C@H](C)C1=C(CC(C)(C)CC1=Nc1ccccc1F)O2. The summed E-state index contributed by atoms with van der Waals surface area (Å²) in [5.74, 6) is 2.43. The number of hydrogen-bond acceptors (Lipinski definition) is 3. The van der Waals surface area contributed by atoms with Gasteiger partial charge in [0.05, 0.1) is 12.8 Å². The van der Waals surface area contributed by atoms with Crippen molar-refractivity contribution in [3.63, 3.8) is 0 Å². The first-order chi connectivity index (χ1) is 12.9. The second-order valence-electron chi connectivity index (χ2n) is 8.09. The van der Waals surface area contributed by atoms with Crippen LogP contribution < -0.4 is 9.47 Å². The zero-order chi connectivity index (χ0) is 19.2. The molecular weight excluding hydrogens is 341 g/mol. The van der Waals surface area contributed by atoms with E-state index in [0.717, 1.165) is 46.9 Å². The molecule has 0 N–H and O–H groups in total. The third kappa shape index (κ3) is 3.25. The molecule has 0 fully saturated rings. The lowest BCUT2D eigenvalue weighted by Crippen LogP contribution is -2.32. The Balaban J connectivity index is 1.84.